The van der Waals surface area contributed by atoms with Gasteiger partial charge in [0.1, 0.15) is 23.8 Å². The minimum absolute atomic E-state index is 0.0835. The maximum absolute atomic E-state index is 14.0. The van der Waals surface area contributed by atoms with Crippen molar-refractivity contribution in [2.75, 3.05) is 29.9 Å². The Kier molecular flexibility index (Phi) is 8.08. The van der Waals surface area contributed by atoms with Crippen molar-refractivity contribution in [1.29, 1.82) is 0 Å². The molecule has 10 nitrogen and oxygen atoms in total. The van der Waals surface area contributed by atoms with Crippen molar-refractivity contribution in [3.05, 3.63) is 64.4 Å². The molecule has 0 spiro atoms. The van der Waals surface area contributed by atoms with Gasteiger partial charge in [-0.05, 0) is 54.9 Å². The SMILES string of the molecule is C=C1/C=C2/C(=O)N(c3nccc(-c4cc(NC(=O)C5CCC5)c(=O)n(C)c4)c3COC(C)=O)CCN2CCC(C)(C)C1. The van der Waals surface area contributed by atoms with Gasteiger partial charge in [-0.1, -0.05) is 32.4 Å². The minimum atomic E-state index is -0.470. The third-order valence-corrected chi connectivity index (χ3v) is 8.44. The second kappa shape index (κ2) is 11.6. The molecule has 2 amide bonds. The molecule has 1 N–H and O–H groups in total. The Morgan fingerprint density at radius 2 is 1.95 bits per heavy atom. The number of nitrogens with one attached hydrogen (secondary N) is 1. The fourth-order valence-electron chi connectivity index (χ4n) is 5.84. The van der Waals surface area contributed by atoms with E-state index in [-0.39, 0.29) is 41.0 Å². The summed E-state index contributed by atoms with van der Waals surface area (Å²) >= 11 is 0. The molecule has 2 fully saturated rings. The number of esters is 1. The number of nitrogens with zero attached hydrogens (tertiary/aromatic N) is 4. The van der Waals surface area contributed by atoms with Crippen LogP contribution in [0.1, 0.15) is 58.4 Å². The summed E-state index contributed by atoms with van der Waals surface area (Å²) in [4.78, 5) is 59.8. The highest BCUT2D eigenvalue weighted by Crippen LogP contribution is 2.37. The molecule has 10 heteroatoms. The highest BCUT2D eigenvalue weighted by molar-refractivity contribution is 6.06. The molecule has 3 aliphatic rings. The van der Waals surface area contributed by atoms with E-state index in [4.69, 9.17) is 4.74 Å². The molecule has 1 aliphatic carbocycles. The molecular formula is C32H39N5O5. The van der Waals surface area contributed by atoms with Crippen molar-refractivity contribution in [2.24, 2.45) is 18.4 Å². The van der Waals surface area contributed by atoms with Gasteiger partial charge in [0.15, 0.2) is 0 Å². The number of allylic oxidation sites excluding steroid dienone is 2. The average Bonchev–Trinajstić information content (AvgIpc) is 2.88. The predicted molar refractivity (Wildman–Crippen MR) is 161 cm³/mol. The largest absolute Gasteiger partial charge is 0.461 e. The molecular weight excluding hydrogens is 534 g/mol. The molecule has 2 aromatic heterocycles. The number of anilines is 2. The highest BCUT2D eigenvalue weighted by Gasteiger charge is 2.35. The second-order valence-corrected chi connectivity index (χ2v) is 12.3. The number of carbonyl (C=O) groups excluding carboxylic acids is 3. The number of fused-ring (bicyclic) bond motifs is 1. The average molecular weight is 574 g/mol. The molecule has 2 aliphatic heterocycles. The molecule has 0 atom stereocenters. The highest BCUT2D eigenvalue weighted by atomic mass is 16.5. The number of carbonyl (C=O) groups is 3. The molecule has 5 rings (SSSR count). The van der Waals surface area contributed by atoms with Crippen LogP contribution >= 0.6 is 0 Å². The van der Waals surface area contributed by atoms with Gasteiger partial charge in [0, 0.05) is 63.0 Å². The lowest BCUT2D eigenvalue weighted by Crippen LogP contribution is -2.50. The Labute approximate surface area is 246 Å². The van der Waals surface area contributed by atoms with Gasteiger partial charge in [0.05, 0.1) is 0 Å². The van der Waals surface area contributed by atoms with Crippen molar-refractivity contribution in [3.8, 4) is 11.1 Å². The van der Waals surface area contributed by atoms with Crippen molar-refractivity contribution < 1.29 is 19.1 Å². The Balaban J connectivity index is 1.55. The van der Waals surface area contributed by atoms with Crippen LogP contribution in [0.15, 0.2) is 53.2 Å². The molecule has 1 saturated heterocycles. The topological polar surface area (TPSA) is 114 Å². The zero-order chi connectivity index (χ0) is 30.2. The summed E-state index contributed by atoms with van der Waals surface area (Å²) < 4.78 is 6.86. The lowest BCUT2D eigenvalue weighted by Gasteiger charge is -2.41. The number of aromatic nitrogens is 2. The van der Waals surface area contributed by atoms with Crippen LogP contribution in [0.2, 0.25) is 0 Å². The van der Waals surface area contributed by atoms with Gasteiger partial charge in [-0.3, -0.25) is 24.1 Å². The number of piperazine rings is 1. The summed E-state index contributed by atoms with van der Waals surface area (Å²) in [7, 11) is 1.62. The molecule has 4 heterocycles. The van der Waals surface area contributed by atoms with Crippen molar-refractivity contribution in [3.63, 3.8) is 0 Å². The van der Waals surface area contributed by atoms with Gasteiger partial charge in [0.25, 0.3) is 11.5 Å². The van der Waals surface area contributed by atoms with Crippen LogP contribution in [0.25, 0.3) is 11.1 Å². The zero-order valence-electron chi connectivity index (χ0n) is 24.9. The normalized spacial score (nSPS) is 20.0. The minimum Gasteiger partial charge on any atom is -0.461 e. The van der Waals surface area contributed by atoms with Crippen LogP contribution in [-0.4, -0.2) is 51.9 Å². The maximum atomic E-state index is 14.0. The first kappa shape index (κ1) is 29.3. The van der Waals surface area contributed by atoms with E-state index in [1.807, 2.05) is 6.08 Å². The third-order valence-electron chi connectivity index (χ3n) is 8.44. The van der Waals surface area contributed by atoms with Crippen LogP contribution in [0, 0.1) is 11.3 Å². The van der Waals surface area contributed by atoms with Crippen LogP contribution in [0.3, 0.4) is 0 Å². The fourth-order valence-corrected chi connectivity index (χ4v) is 5.84. The van der Waals surface area contributed by atoms with Gasteiger partial charge in [-0.15, -0.1) is 0 Å². The maximum Gasteiger partial charge on any atom is 0.302 e. The Morgan fingerprint density at radius 3 is 2.64 bits per heavy atom. The molecule has 42 heavy (non-hydrogen) atoms. The number of ether oxygens (including phenoxy) is 1. The Bertz CT molecular complexity index is 1530. The van der Waals surface area contributed by atoms with Gasteiger partial charge >= 0.3 is 5.97 Å². The van der Waals surface area contributed by atoms with Gasteiger partial charge < -0.3 is 19.5 Å². The summed E-state index contributed by atoms with van der Waals surface area (Å²) in [6.45, 7) is 11.7. The quantitative estimate of drug-likeness (QED) is 0.517. The van der Waals surface area contributed by atoms with E-state index in [0.717, 1.165) is 44.2 Å². The van der Waals surface area contributed by atoms with Gasteiger partial charge in [-0.2, -0.15) is 0 Å². The number of hydrogen-bond donors (Lipinski definition) is 1. The van der Waals surface area contributed by atoms with Crippen LogP contribution in [0.5, 0.6) is 0 Å². The van der Waals surface area contributed by atoms with Crippen molar-refractivity contribution in [2.45, 2.75) is 59.5 Å². The lowest BCUT2D eigenvalue weighted by molar-refractivity contribution is -0.142. The summed E-state index contributed by atoms with van der Waals surface area (Å²) in [5.41, 5.74) is 3.23. The molecule has 1 saturated carbocycles. The van der Waals surface area contributed by atoms with Gasteiger partial charge in [0.2, 0.25) is 5.91 Å². The monoisotopic (exact) mass is 573 g/mol. The van der Waals surface area contributed by atoms with Crippen LogP contribution < -0.4 is 15.8 Å². The number of aryl methyl sites for hydroxylation is 1. The van der Waals surface area contributed by atoms with E-state index in [1.165, 1.54) is 11.5 Å². The Hall–Kier alpha value is -4.21. The lowest BCUT2D eigenvalue weighted by atomic mass is 9.81. The van der Waals surface area contributed by atoms with E-state index in [9.17, 15) is 19.2 Å². The smallest absolute Gasteiger partial charge is 0.302 e. The third kappa shape index (κ3) is 6.03. The molecule has 0 unspecified atom stereocenters. The Morgan fingerprint density at radius 1 is 1.19 bits per heavy atom. The first-order valence-corrected chi connectivity index (χ1v) is 14.5. The van der Waals surface area contributed by atoms with Crippen molar-refractivity contribution >= 4 is 29.3 Å². The molecule has 0 bridgehead atoms. The first-order valence-electron chi connectivity index (χ1n) is 14.5. The second-order valence-electron chi connectivity index (χ2n) is 12.3. The van der Waals surface area contributed by atoms with Crippen LogP contribution in [0.4, 0.5) is 11.5 Å². The number of hydrogen-bond acceptors (Lipinski definition) is 7. The summed E-state index contributed by atoms with van der Waals surface area (Å²) in [5, 5.41) is 2.81. The van der Waals surface area contributed by atoms with Crippen molar-refractivity contribution in [1.82, 2.24) is 14.5 Å². The molecule has 0 aromatic carbocycles. The van der Waals surface area contributed by atoms with E-state index in [1.54, 1.807) is 36.5 Å². The fraction of sp³-hybridized carbons (Fsp3) is 0.469. The van der Waals surface area contributed by atoms with Gasteiger partial charge in [-0.25, -0.2) is 4.98 Å². The zero-order valence-corrected chi connectivity index (χ0v) is 24.9. The van der Waals surface area contributed by atoms with E-state index < -0.39 is 5.97 Å². The number of pyridine rings is 2. The summed E-state index contributed by atoms with van der Waals surface area (Å²) in [5.74, 6) is -0.514. The number of amides is 2. The summed E-state index contributed by atoms with van der Waals surface area (Å²) in [6.07, 6.45) is 9.53. The molecule has 0 radical (unpaired) electrons. The standard InChI is InChI=1S/C32H39N5O5/c1-20-15-27-31(41)37(14-13-36(27)12-10-32(3,4)17-20)28-25(19-42-21(2)38)24(9-11-33-28)23-16-26(30(40)35(5)18-23)34-29(39)22-7-6-8-22/h9,11,15-16,18,22H,1,6-8,10,12-14,17,19H2,2-5H3,(H,34,39)/b27-15-. The van der Waals surface area contributed by atoms with E-state index >= 15 is 0 Å². The molecule has 2 aromatic rings. The van der Waals surface area contributed by atoms with E-state index in [0.29, 0.717) is 41.3 Å². The number of rotatable bonds is 6. The van der Waals surface area contributed by atoms with E-state index in [2.05, 4.69) is 35.6 Å². The summed E-state index contributed by atoms with van der Waals surface area (Å²) in [6, 6.07) is 3.40. The predicted octanol–water partition coefficient (Wildman–Crippen LogP) is 4.16. The van der Waals surface area contributed by atoms with Crippen LogP contribution in [-0.2, 0) is 32.8 Å². The molecule has 222 valence electrons. The first-order chi connectivity index (χ1) is 19.9.